The van der Waals surface area contributed by atoms with Gasteiger partial charge in [0, 0.05) is 12.6 Å². The fourth-order valence-corrected chi connectivity index (χ4v) is 1.99. The van der Waals surface area contributed by atoms with E-state index in [2.05, 4.69) is 15.0 Å². The summed E-state index contributed by atoms with van der Waals surface area (Å²) in [5, 5.41) is 17.7. The van der Waals surface area contributed by atoms with Crippen molar-refractivity contribution in [3.63, 3.8) is 0 Å². The van der Waals surface area contributed by atoms with Gasteiger partial charge in [-0.05, 0) is 23.6 Å². The molecule has 8 heteroatoms. The minimum Gasteiger partial charge on any atom is -0.406 e. The molecule has 1 unspecified atom stereocenters. The molecular formula is C15H18F3N3O2. The van der Waals surface area contributed by atoms with Crippen LogP contribution in [0.1, 0.15) is 25.1 Å². The summed E-state index contributed by atoms with van der Waals surface area (Å²) >= 11 is 0. The fraction of sp³-hybridized carbons (Fsp3) is 0.467. The number of aromatic nitrogens is 3. The molecule has 0 spiro atoms. The third-order valence-electron chi connectivity index (χ3n) is 3.25. The lowest BCUT2D eigenvalue weighted by Gasteiger charge is -2.11. The first-order valence-electron chi connectivity index (χ1n) is 7.14. The van der Waals surface area contributed by atoms with E-state index in [0.29, 0.717) is 17.7 Å². The van der Waals surface area contributed by atoms with E-state index in [-0.39, 0.29) is 18.2 Å². The fourth-order valence-electron chi connectivity index (χ4n) is 1.99. The topological polar surface area (TPSA) is 60.2 Å². The molecule has 0 saturated heterocycles. The molecule has 0 aliphatic rings. The minimum atomic E-state index is -4.72. The van der Waals surface area contributed by atoms with Crippen LogP contribution in [-0.4, -0.2) is 32.6 Å². The Balaban J connectivity index is 2.02. The molecule has 1 N–H and O–H groups in total. The number of aliphatic hydroxyl groups excluding tert-OH is 1. The highest BCUT2D eigenvalue weighted by molar-refractivity contribution is 5.28. The first-order chi connectivity index (χ1) is 10.7. The van der Waals surface area contributed by atoms with Crippen LogP contribution in [0.25, 0.3) is 0 Å². The van der Waals surface area contributed by atoms with Crippen molar-refractivity contribution in [3.8, 4) is 5.75 Å². The second-order valence-corrected chi connectivity index (χ2v) is 5.62. The Morgan fingerprint density at radius 1 is 1.30 bits per heavy atom. The van der Waals surface area contributed by atoms with E-state index in [0.717, 1.165) is 0 Å². The molecule has 1 aromatic carbocycles. The Kier molecular flexibility index (Phi) is 5.25. The number of nitrogens with zero attached hydrogens (tertiary/aromatic N) is 3. The summed E-state index contributed by atoms with van der Waals surface area (Å²) in [6.07, 6.45) is -3.17. The maximum Gasteiger partial charge on any atom is 0.573 e. The molecule has 0 radical (unpaired) electrons. The van der Waals surface area contributed by atoms with Crippen molar-refractivity contribution < 1.29 is 23.0 Å². The zero-order valence-electron chi connectivity index (χ0n) is 12.8. The molecule has 0 fully saturated rings. The van der Waals surface area contributed by atoms with Crippen LogP contribution < -0.4 is 4.74 Å². The molecule has 0 aliphatic carbocycles. The molecule has 126 valence electrons. The third-order valence-corrected chi connectivity index (χ3v) is 3.25. The molecule has 5 nitrogen and oxygen atoms in total. The predicted octanol–water partition coefficient (Wildman–Crippen LogP) is 2.78. The van der Waals surface area contributed by atoms with Crippen LogP contribution >= 0.6 is 0 Å². The summed E-state index contributed by atoms with van der Waals surface area (Å²) in [6, 6.07) is 5.70. The second kappa shape index (κ2) is 6.99. The van der Waals surface area contributed by atoms with Crippen LogP contribution in [0.4, 0.5) is 13.2 Å². The zero-order chi connectivity index (χ0) is 17.0. The molecule has 0 bridgehead atoms. The van der Waals surface area contributed by atoms with Gasteiger partial charge < -0.3 is 9.84 Å². The van der Waals surface area contributed by atoms with Crippen molar-refractivity contribution in [2.45, 2.75) is 39.3 Å². The highest BCUT2D eigenvalue weighted by Gasteiger charge is 2.31. The molecule has 0 saturated carbocycles. The average molecular weight is 329 g/mol. The SMILES string of the molecule is CC(C)C(O)Cc1cn(Cc2cccc(OC(F)(F)F)c2)nn1. The Hall–Kier alpha value is -2.09. The van der Waals surface area contributed by atoms with Crippen LogP contribution in [-0.2, 0) is 13.0 Å². The molecule has 2 rings (SSSR count). The number of rotatable bonds is 6. The van der Waals surface area contributed by atoms with Crippen LogP contribution in [0.2, 0.25) is 0 Å². The maximum absolute atomic E-state index is 12.2. The molecule has 23 heavy (non-hydrogen) atoms. The largest absolute Gasteiger partial charge is 0.573 e. The maximum atomic E-state index is 12.2. The van der Waals surface area contributed by atoms with Crippen molar-refractivity contribution in [1.82, 2.24) is 15.0 Å². The summed E-state index contributed by atoms with van der Waals surface area (Å²) in [5.74, 6) is -0.165. The molecule has 1 aromatic heterocycles. The smallest absolute Gasteiger partial charge is 0.406 e. The number of alkyl halides is 3. The molecule has 2 aromatic rings. The summed E-state index contributed by atoms with van der Waals surface area (Å²) in [5.41, 5.74) is 1.24. The van der Waals surface area contributed by atoms with E-state index >= 15 is 0 Å². The van der Waals surface area contributed by atoms with Gasteiger partial charge in [0.1, 0.15) is 5.75 Å². The average Bonchev–Trinajstić information content (AvgIpc) is 2.84. The summed E-state index contributed by atoms with van der Waals surface area (Å²) < 4.78 is 42.0. The lowest BCUT2D eigenvalue weighted by Crippen LogP contribution is -2.17. The number of hydrogen-bond acceptors (Lipinski definition) is 4. The predicted molar refractivity (Wildman–Crippen MR) is 76.8 cm³/mol. The van der Waals surface area contributed by atoms with Crippen molar-refractivity contribution >= 4 is 0 Å². The van der Waals surface area contributed by atoms with Gasteiger partial charge in [-0.25, -0.2) is 4.68 Å². The van der Waals surface area contributed by atoms with E-state index in [1.165, 1.54) is 22.9 Å². The second-order valence-electron chi connectivity index (χ2n) is 5.62. The van der Waals surface area contributed by atoms with Crippen molar-refractivity contribution in [1.29, 1.82) is 0 Å². The van der Waals surface area contributed by atoms with Crippen LogP contribution in [0.15, 0.2) is 30.5 Å². The summed E-state index contributed by atoms with van der Waals surface area (Å²) in [4.78, 5) is 0. The summed E-state index contributed by atoms with van der Waals surface area (Å²) in [6.45, 7) is 4.07. The van der Waals surface area contributed by atoms with Gasteiger partial charge in [-0.1, -0.05) is 31.2 Å². The van der Waals surface area contributed by atoms with Gasteiger partial charge in [0.25, 0.3) is 0 Å². The molecule has 0 amide bonds. The van der Waals surface area contributed by atoms with Gasteiger partial charge in [0.2, 0.25) is 0 Å². The quantitative estimate of drug-likeness (QED) is 0.885. The Morgan fingerprint density at radius 2 is 2.04 bits per heavy atom. The highest BCUT2D eigenvalue weighted by atomic mass is 19.4. The number of aliphatic hydroxyl groups is 1. The minimum absolute atomic E-state index is 0.108. The standard InChI is InChI=1S/C15H18F3N3O2/c1-10(2)14(22)7-12-9-21(20-19-12)8-11-4-3-5-13(6-11)23-15(16,17)18/h3-6,9-10,14,22H,7-8H2,1-2H3. The Bertz CT molecular complexity index is 641. The normalized spacial score (nSPS) is 13.3. The molecular weight excluding hydrogens is 311 g/mol. The molecule has 0 aliphatic heterocycles. The van der Waals surface area contributed by atoms with E-state index in [4.69, 9.17) is 0 Å². The van der Waals surface area contributed by atoms with Gasteiger partial charge >= 0.3 is 6.36 Å². The summed E-state index contributed by atoms with van der Waals surface area (Å²) in [7, 11) is 0. The number of halogens is 3. The van der Waals surface area contributed by atoms with Gasteiger partial charge in [-0.15, -0.1) is 18.3 Å². The van der Waals surface area contributed by atoms with E-state index < -0.39 is 12.5 Å². The van der Waals surface area contributed by atoms with Gasteiger partial charge in [-0.2, -0.15) is 0 Å². The van der Waals surface area contributed by atoms with Crippen molar-refractivity contribution in [2.24, 2.45) is 5.92 Å². The van der Waals surface area contributed by atoms with Gasteiger partial charge in [-0.3, -0.25) is 0 Å². The van der Waals surface area contributed by atoms with Crippen LogP contribution in [0.3, 0.4) is 0 Å². The van der Waals surface area contributed by atoms with E-state index in [1.54, 1.807) is 12.3 Å². The van der Waals surface area contributed by atoms with Gasteiger partial charge in [0.05, 0.1) is 18.3 Å². The number of ether oxygens (including phenoxy) is 1. The Labute approximate surface area is 131 Å². The lowest BCUT2D eigenvalue weighted by atomic mass is 10.0. The van der Waals surface area contributed by atoms with Crippen molar-refractivity contribution in [2.75, 3.05) is 0 Å². The Morgan fingerprint density at radius 3 is 2.70 bits per heavy atom. The van der Waals surface area contributed by atoms with E-state index in [1.807, 2.05) is 13.8 Å². The number of benzene rings is 1. The van der Waals surface area contributed by atoms with Gasteiger partial charge in [0.15, 0.2) is 0 Å². The van der Waals surface area contributed by atoms with E-state index in [9.17, 15) is 18.3 Å². The lowest BCUT2D eigenvalue weighted by molar-refractivity contribution is -0.274. The molecule has 1 atom stereocenters. The van der Waals surface area contributed by atoms with Crippen LogP contribution in [0, 0.1) is 5.92 Å². The first-order valence-corrected chi connectivity index (χ1v) is 7.14. The molecule has 1 heterocycles. The highest BCUT2D eigenvalue weighted by Crippen LogP contribution is 2.23. The van der Waals surface area contributed by atoms with Crippen LogP contribution in [0.5, 0.6) is 5.75 Å². The van der Waals surface area contributed by atoms with Crippen molar-refractivity contribution in [3.05, 3.63) is 41.7 Å². The zero-order valence-corrected chi connectivity index (χ0v) is 12.8. The monoisotopic (exact) mass is 329 g/mol. The first kappa shape index (κ1) is 17.3. The number of hydrogen-bond donors (Lipinski definition) is 1. The third kappa shape index (κ3) is 5.55.